The number of aromatic nitrogens is 2. The molecule has 9 aromatic rings. The number of nitrogens with one attached hydrogen (secondary N) is 1. The largest absolute Gasteiger partial charge is 0.381 e. The van der Waals surface area contributed by atoms with Crippen LogP contribution in [-0.4, -0.2) is 9.13 Å². The first-order valence-corrected chi connectivity index (χ1v) is 17.5. The molecule has 7 aromatic carbocycles. The molecule has 0 aliphatic carbocycles. The van der Waals surface area contributed by atoms with Crippen LogP contribution in [0, 0.1) is 0 Å². The molecule has 0 bridgehead atoms. The van der Waals surface area contributed by atoms with Crippen molar-refractivity contribution in [2.24, 2.45) is 5.73 Å². The van der Waals surface area contributed by atoms with E-state index in [2.05, 4.69) is 179 Å². The molecule has 0 aliphatic heterocycles. The number of para-hydroxylation sites is 3. The van der Waals surface area contributed by atoms with Gasteiger partial charge in [0.15, 0.2) is 0 Å². The third-order valence-corrected chi connectivity index (χ3v) is 10.1. The highest BCUT2D eigenvalue weighted by Crippen LogP contribution is 2.39. The lowest BCUT2D eigenvalue weighted by atomic mass is 9.91. The van der Waals surface area contributed by atoms with Crippen molar-refractivity contribution in [3.63, 3.8) is 0 Å². The SMILES string of the molecule is CC(N)(/C=C(\NCc1cccc(-n2c3ccccc3c3cc4c5ccccc5n(-c5ccccc5)c4cc32)c1)c1ccccc1)c1ccccc1. The summed E-state index contributed by atoms with van der Waals surface area (Å²) in [7, 11) is 0. The molecule has 0 amide bonds. The maximum Gasteiger partial charge on any atom is 0.0589 e. The van der Waals surface area contributed by atoms with Gasteiger partial charge in [-0.15, -0.1) is 0 Å². The third kappa shape index (κ3) is 5.47. The van der Waals surface area contributed by atoms with Crippen LogP contribution in [0.4, 0.5) is 0 Å². The van der Waals surface area contributed by atoms with Gasteiger partial charge in [-0.2, -0.15) is 0 Å². The lowest BCUT2D eigenvalue weighted by molar-refractivity contribution is 0.627. The Morgan fingerprint density at radius 1 is 0.529 bits per heavy atom. The molecule has 0 fully saturated rings. The van der Waals surface area contributed by atoms with Crippen LogP contribution >= 0.6 is 0 Å². The minimum atomic E-state index is -0.655. The topological polar surface area (TPSA) is 47.9 Å². The van der Waals surface area contributed by atoms with E-state index >= 15 is 0 Å². The van der Waals surface area contributed by atoms with Crippen molar-refractivity contribution in [3.8, 4) is 11.4 Å². The zero-order valence-corrected chi connectivity index (χ0v) is 28.5. The summed E-state index contributed by atoms with van der Waals surface area (Å²) >= 11 is 0. The van der Waals surface area contributed by atoms with E-state index in [0.717, 1.165) is 28.2 Å². The Morgan fingerprint density at radius 2 is 1.06 bits per heavy atom. The van der Waals surface area contributed by atoms with Crippen LogP contribution in [0.15, 0.2) is 182 Å². The van der Waals surface area contributed by atoms with Gasteiger partial charge in [-0.1, -0.05) is 127 Å². The van der Waals surface area contributed by atoms with Crippen LogP contribution in [0.3, 0.4) is 0 Å². The fourth-order valence-corrected chi connectivity index (χ4v) is 7.60. The van der Waals surface area contributed by atoms with Crippen molar-refractivity contribution < 1.29 is 0 Å². The summed E-state index contributed by atoms with van der Waals surface area (Å²) in [5.41, 5.74) is 17.7. The minimum Gasteiger partial charge on any atom is -0.381 e. The first kappa shape index (κ1) is 30.7. The van der Waals surface area contributed by atoms with Crippen molar-refractivity contribution in [1.29, 1.82) is 0 Å². The highest BCUT2D eigenvalue weighted by molar-refractivity contribution is 6.19. The second-order valence-corrected chi connectivity index (χ2v) is 13.5. The summed E-state index contributed by atoms with van der Waals surface area (Å²) in [4.78, 5) is 0. The highest BCUT2D eigenvalue weighted by Gasteiger charge is 2.21. The lowest BCUT2D eigenvalue weighted by Gasteiger charge is -2.24. The predicted molar refractivity (Wildman–Crippen MR) is 214 cm³/mol. The Morgan fingerprint density at radius 3 is 1.71 bits per heavy atom. The van der Waals surface area contributed by atoms with Gasteiger partial charge in [-0.25, -0.2) is 0 Å². The van der Waals surface area contributed by atoms with E-state index in [4.69, 9.17) is 5.73 Å². The third-order valence-electron chi connectivity index (χ3n) is 10.1. The molecular formula is C47H38N4. The quantitative estimate of drug-likeness (QED) is 0.171. The average molecular weight is 659 g/mol. The monoisotopic (exact) mass is 658 g/mol. The van der Waals surface area contributed by atoms with Gasteiger partial charge in [0.25, 0.3) is 0 Å². The minimum absolute atomic E-state index is 0.642. The Hall–Kier alpha value is -6.36. The van der Waals surface area contributed by atoms with E-state index in [1.54, 1.807) is 0 Å². The standard InChI is InChI=1S/C47H38N4/c1-47(48,35-19-7-3-8-20-35)31-42(34-17-5-2-6-18-34)49-32-33-16-15-23-37(28-33)51-44-27-14-12-25-39(44)41-29-40-38-24-11-13-26-43(38)50(45(40)30-46(41)51)36-21-9-4-10-22-36/h2-31,49H,32,48H2,1H3/b42-31-. The number of hydrogen-bond acceptors (Lipinski definition) is 2. The molecule has 3 N–H and O–H groups in total. The molecule has 0 saturated carbocycles. The van der Waals surface area contributed by atoms with E-state index in [-0.39, 0.29) is 0 Å². The normalized spacial score (nSPS) is 13.3. The molecular weight excluding hydrogens is 621 g/mol. The Kier molecular flexibility index (Phi) is 7.53. The zero-order valence-electron chi connectivity index (χ0n) is 28.5. The first-order chi connectivity index (χ1) is 25.0. The summed E-state index contributed by atoms with van der Waals surface area (Å²) in [6, 6.07) is 62.5. The van der Waals surface area contributed by atoms with E-state index in [1.165, 1.54) is 49.2 Å². The van der Waals surface area contributed by atoms with Gasteiger partial charge >= 0.3 is 0 Å². The highest BCUT2D eigenvalue weighted by atomic mass is 15.0. The summed E-state index contributed by atoms with van der Waals surface area (Å²) in [5.74, 6) is 0. The molecule has 2 aromatic heterocycles. The number of fused-ring (bicyclic) bond motifs is 6. The van der Waals surface area contributed by atoms with Crippen molar-refractivity contribution in [2.45, 2.75) is 19.0 Å². The summed E-state index contributed by atoms with van der Waals surface area (Å²) in [5, 5.41) is 8.76. The van der Waals surface area contributed by atoms with E-state index in [1.807, 2.05) is 24.3 Å². The molecule has 0 aliphatic rings. The molecule has 246 valence electrons. The molecule has 4 nitrogen and oxygen atoms in total. The molecule has 1 atom stereocenters. The summed E-state index contributed by atoms with van der Waals surface area (Å²) in [6.07, 6.45) is 2.14. The van der Waals surface area contributed by atoms with E-state index in [0.29, 0.717) is 6.54 Å². The number of hydrogen-bond donors (Lipinski definition) is 2. The van der Waals surface area contributed by atoms with Crippen molar-refractivity contribution in [1.82, 2.24) is 14.5 Å². The molecule has 51 heavy (non-hydrogen) atoms. The molecule has 1 unspecified atom stereocenters. The Balaban J connectivity index is 1.16. The van der Waals surface area contributed by atoms with Crippen LogP contribution < -0.4 is 11.1 Å². The van der Waals surface area contributed by atoms with Gasteiger partial charge in [0.1, 0.15) is 0 Å². The molecule has 0 spiro atoms. The summed E-state index contributed by atoms with van der Waals surface area (Å²) < 4.78 is 4.81. The Labute approximate surface area is 297 Å². The molecule has 9 rings (SSSR count). The van der Waals surface area contributed by atoms with Gasteiger partial charge in [-0.05, 0) is 78.2 Å². The number of benzene rings is 7. The fourth-order valence-electron chi connectivity index (χ4n) is 7.60. The molecule has 0 radical (unpaired) electrons. The zero-order chi connectivity index (χ0) is 34.4. The first-order valence-electron chi connectivity index (χ1n) is 17.5. The Bertz CT molecular complexity index is 2700. The molecule has 2 heterocycles. The van der Waals surface area contributed by atoms with Gasteiger partial charge < -0.3 is 20.2 Å². The van der Waals surface area contributed by atoms with Crippen molar-refractivity contribution in [3.05, 3.63) is 199 Å². The van der Waals surface area contributed by atoms with Gasteiger partial charge in [0, 0.05) is 45.2 Å². The van der Waals surface area contributed by atoms with Gasteiger partial charge in [-0.3, -0.25) is 0 Å². The van der Waals surface area contributed by atoms with Crippen LogP contribution in [0.5, 0.6) is 0 Å². The maximum absolute atomic E-state index is 6.93. The molecule has 4 heteroatoms. The van der Waals surface area contributed by atoms with Gasteiger partial charge in [0.2, 0.25) is 0 Å². The van der Waals surface area contributed by atoms with Crippen LogP contribution in [0.25, 0.3) is 60.7 Å². The van der Waals surface area contributed by atoms with Crippen molar-refractivity contribution in [2.75, 3.05) is 0 Å². The smallest absolute Gasteiger partial charge is 0.0589 e. The number of nitrogens with two attached hydrogens (primary N) is 1. The van der Waals surface area contributed by atoms with Gasteiger partial charge in [0.05, 0.1) is 27.6 Å². The predicted octanol–water partition coefficient (Wildman–Crippen LogP) is 10.9. The van der Waals surface area contributed by atoms with E-state index in [9.17, 15) is 0 Å². The second-order valence-electron chi connectivity index (χ2n) is 13.5. The maximum atomic E-state index is 6.93. The lowest BCUT2D eigenvalue weighted by Crippen LogP contribution is -2.32. The number of rotatable bonds is 8. The van der Waals surface area contributed by atoms with Crippen LogP contribution in [-0.2, 0) is 12.1 Å². The molecule has 0 saturated heterocycles. The number of nitrogens with zero attached hydrogens (tertiary/aromatic N) is 2. The van der Waals surface area contributed by atoms with Crippen LogP contribution in [0.1, 0.15) is 23.6 Å². The van der Waals surface area contributed by atoms with Crippen molar-refractivity contribution >= 4 is 49.3 Å². The fraction of sp³-hybridized carbons (Fsp3) is 0.0638. The average Bonchev–Trinajstić information content (AvgIpc) is 3.68. The van der Waals surface area contributed by atoms with E-state index < -0.39 is 5.54 Å². The van der Waals surface area contributed by atoms with Crippen LogP contribution in [0.2, 0.25) is 0 Å². The second kappa shape index (κ2) is 12.5. The summed E-state index contributed by atoms with van der Waals surface area (Å²) in [6.45, 7) is 2.70.